The molecule has 1 saturated carbocycles. The van der Waals surface area contributed by atoms with Gasteiger partial charge in [-0.3, -0.25) is 9.89 Å². The van der Waals surface area contributed by atoms with E-state index < -0.39 is 11.2 Å². The number of ether oxygens (including phenoxy) is 1. The Morgan fingerprint density at radius 2 is 1.86 bits per heavy atom. The van der Waals surface area contributed by atoms with Crippen LogP contribution in [0.25, 0.3) is 10.9 Å². The van der Waals surface area contributed by atoms with Crippen LogP contribution >= 0.6 is 0 Å². The Balaban J connectivity index is 1.23. The summed E-state index contributed by atoms with van der Waals surface area (Å²) in [6, 6.07) is 6.09. The van der Waals surface area contributed by atoms with Crippen LogP contribution in [0.5, 0.6) is 5.75 Å². The number of fused-ring (bicyclic) bond motifs is 8. The summed E-state index contributed by atoms with van der Waals surface area (Å²) in [4.78, 5) is 14.5. The summed E-state index contributed by atoms with van der Waals surface area (Å²) in [5, 5.41) is 24.8. The van der Waals surface area contributed by atoms with Crippen LogP contribution in [0.15, 0.2) is 47.5 Å². The van der Waals surface area contributed by atoms with Crippen molar-refractivity contribution in [2.45, 2.75) is 100 Å². The van der Waals surface area contributed by atoms with E-state index in [1.165, 1.54) is 31.2 Å². The second-order valence-corrected chi connectivity index (χ2v) is 14.7. The molecule has 3 bridgehead atoms. The van der Waals surface area contributed by atoms with Gasteiger partial charge < -0.3 is 24.8 Å². The molecule has 0 radical (unpaired) electrons. The van der Waals surface area contributed by atoms with Gasteiger partial charge in [0.1, 0.15) is 23.1 Å². The first-order valence-electron chi connectivity index (χ1n) is 17.1. The van der Waals surface area contributed by atoms with Crippen LogP contribution in [0.4, 0.5) is 0 Å². The summed E-state index contributed by atoms with van der Waals surface area (Å²) in [5.74, 6) is 0.601. The minimum atomic E-state index is -0.954. The van der Waals surface area contributed by atoms with Crippen molar-refractivity contribution in [1.29, 1.82) is 0 Å². The molecular formula is C36H46N4O3. The van der Waals surface area contributed by atoms with Crippen LogP contribution in [0.2, 0.25) is 0 Å². The molecule has 8 unspecified atom stereocenters. The highest BCUT2D eigenvalue weighted by atomic mass is 16.6. The van der Waals surface area contributed by atoms with E-state index in [-0.39, 0.29) is 17.6 Å². The zero-order valence-corrected chi connectivity index (χ0v) is 25.3. The van der Waals surface area contributed by atoms with Crippen molar-refractivity contribution in [2.75, 3.05) is 32.7 Å². The van der Waals surface area contributed by atoms with Gasteiger partial charge >= 0.3 is 0 Å². The van der Waals surface area contributed by atoms with Crippen LogP contribution in [0.1, 0.15) is 75.5 Å². The fourth-order valence-electron chi connectivity index (χ4n) is 10.9. The molecule has 7 nitrogen and oxygen atoms in total. The predicted molar refractivity (Wildman–Crippen MR) is 169 cm³/mol. The number of phenolic OH excluding ortho intramolecular Hbond substituents is 1. The summed E-state index contributed by atoms with van der Waals surface area (Å²) in [6.45, 7) is 5.05. The van der Waals surface area contributed by atoms with Gasteiger partial charge in [-0.25, -0.2) is 0 Å². The third-order valence-electron chi connectivity index (χ3n) is 12.4. The molecular weight excluding hydrogens is 536 g/mol. The summed E-state index contributed by atoms with van der Waals surface area (Å²) in [7, 11) is 0. The maximum absolute atomic E-state index is 13.3. The Hall–Kier alpha value is -2.45. The number of aliphatic hydroxyl groups is 1. The molecule has 7 heterocycles. The number of hydrogen-bond acceptors (Lipinski definition) is 6. The number of hydrogen-bond donors (Lipinski definition) is 3. The Labute approximate surface area is 254 Å². The lowest BCUT2D eigenvalue weighted by atomic mass is 9.50. The number of aromatic amines is 1. The Bertz CT molecular complexity index is 1530. The fourth-order valence-corrected chi connectivity index (χ4v) is 10.9. The van der Waals surface area contributed by atoms with Crippen LogP contribution in [-0.2, 0) is 11.2 Å². The highest BCUT2D eigenvalue weighted by Gasteiger charge is 2.84. The van der Waals surface area contributed by atoms with Crippen molar-refractivity contribution in [2.24, 2.45) is 16.3 Å². The van der Waals surface area contributed by atoms with E-state index >= 15 is 0 Å². The lowest BCUT2D eigenvalue weighted by Gasteiger charge is -2.59. The van der Waals surface area contributed by atoms with Crippen LogP contribution in [0, 0.1) is 11.3 Å². The second-order valence-electron chi connectivity index (χ2n) is 14.7. The van der Waals surface area contributed by atoms with Crippen molar-refractivity contribution in [3.05, 3.63) is 53.8 Å². The summed E-state index contributed by atoms with van der Waals surface area (Å²) < 4.78 is 7.14. The summed E-state index contributed by atoms with van der Waals surface area (Å²) in [6.07, 6.45) is 21.1. The lowest BCUT2D eigenvalue weighted by molar-refractivity contribution is -0.142. The molecule has 6 aliphatic heterocycles. The summed E-state index contributed by atoms with van der Waals surface area (Å²) in [5.41, 5.74) is 2.80. The monoisotopic (exact) mass is 582 g/mol. The SMILES string of the molecule is Oc1ccc2[nH]c3c(c2c1)CCN=C3C12OC1C1(O)CCC=CCCCCN3CCC2C2(CC4C=CCCCCN4C12)C3. The Morgan fingerprint density at radius 1 is 1.00 bits per heavy atom. The minimum absolute atomic E-state index is 0.0679. The first-order valence-corrected chi connectivity index (χ1v) is 17.1. The minimum Gasteiger partial charge on any atom is -0.508 e. The van der Waals surface area contributed by atoms with E-state index in [1.807, 2.05) is 12.1 Å². The van der Waals surface area contributed by atoms with Gasteiger partial charge in [0.05, 0.1) is 11.4 Å². The van der Waals surface area contributed by atoms with E-state index in [4.69, 9.17) is 9.73 Å². The normalized spacial score (nSPS) is 42.3. The maximum Gasteiger partial charge on any atom is 0.145 e. The van der Waals surface area contributed by atoms with Gasteiger partial charge in [0.25, 0.3) is 0 Å². The molecule has 8 atom stereocenters. The molecule has 3 N–H and O–H groups in total. The molecule has 7 aliphatic rings. The molecule has 43 heavy (non-hydrogen) atoms. The lowest BCUT2D eigenvalue weighted by Crippen LogP contribution is -2.73. The van der Waals surface area contributed by atoms with Crippen LogP contribution in [-0.4, -0.2) is 92.8 Å². The molecule has 9 rings (SSSR count). The first-order chi connectivity index (χ1) is 21.0. The van der Waals surface area contributed by atoms with Crippen molar-refractivity contribution >= 4 is 16.6 Å². The quantitative estimate of drug-likeness (QED) is 0.321. The van der Waals surface area contributed by atoms with Gasteiger partial charge in [-0.2, -0.15) is 0 Å². The topological polar surface area (TPSA) is 87.6 Å². The molecule has 4 fully saturated rings. The zero-order valence-electron chi connectivity index (χ0n) is 25.3. The van der Waals surface area contributed by atoms with Gasteiger partial charge in [-0.1, -0.05) is 24.3 Å². The molecule has 1 aromatic heterocycles. The number of aromatic nitrogens is 1. The number of nitrogens with zero attached hydrogens (tertiary/aromatic N) is 3. The van der Waals surface area contributed by atoms with Crippen molar-refractivity contribution in [3.8, 4) is 5.75 Å². The third-order valence-corrected chi connectivity index (χ3v) is 12.4. The number of aliphatic imine (C=N–C) groups is 1. The van der Waals surface area contributed by atoms with E-state index in [1.54, 1.807) is 6.07 Å². The summed E-state index contributed by atoms with van der Waals surface area (Å²) >= 11 is 0. The number of allylic oxidation sites excluding steroid dienone is 3. The molecule has 1 spiro atoms. The maximum atomic E-state index is 13.3. The number of epoxide rings is 1. The average molecular weight is 583 g/mol. The average Bonchev–Trinajstić information content (AvgIpc) is 3.56. The molecule has 0 amide bonds. The highest BCUT2D eigenvalue weighted by molar-refractivity contribution is 6.13. The Morgan fingerprint density at radius 3 is 2.79 bits per heavy atom. The fraction of sp³-hybridized carbons (Fsp3) is 0.639. The molecule has 7 heteroatoms. The number of H-pyrrole nitrogens is 1. The smallest absolute Gasteiger partial charge is 0.145 e. The van der Waals surface area contributed by atoms with Crippen molar-refractivity contribution in [3.63, 3.8) is 0 Å². The van der Waals surface area contributed by atoms with E-state index in [9.17, 15) is 10.2 Å². The molecule has 228 valence electrons. The highest BCUT2D eigenvalue weighted by Crippen LogP contribution is 2.71. The van der Waals surface area contributed by atoms with Crippen molar-refractivity contribution < 1.29 is 14.9 Å². The van der Waals surface area contributed by atoms with Crippen molar-refractivity contribution in [1.82, 2.24) is 14.8 Å². The molecule has 3 saturated heterocycles. The molecule has 2 aromatic rings. The van der Waals surface area contributed by atoms with Gasteiger partial charge in [0.2, 0.25) is 0 Å². The van der Waals surface area contributed by atoms with Gasteiger partial charge in [0, 0.05) is 47.4 Å². The number of nitrogens with one attached hydrogen (secondary N) is 1. The standard InChI is InChI=1S/C36H46N4O3/c41-25-12-13-28-27(21-25)26-14-17-37-31(30(26)38-28)36-29-15-20-39-18-9-5-2-1-4-8-16-35(42,33(36)43-36)32-34(29,23-39)22-24-11-7-3-6-10-19-40(24)32/h1,4,7,11-13,21,24,29,32-33,38,41-42H,2-3,5-6,8-10,14-20,22-23H2. The second kappa shape index (κ2) is 9.77. The van der Waals surface area contributed by atoms with Crippen LogP contribution < -0.4 is 0 Å². The number of phenols is 1. The predicted octanol–water partition coefficient (Wildman–Crippen LogP) is 5.11. The third kappa shape index (κ3) is 3.77. The van der Waals surface area contributed by atoms with E-state index in [0.29, 0.717) is 17.7 Å². The number of piperidine rings is 1. The number of benzene rings is 1. The van der Waals surface area contributed by atoms with Gasteiger partial charge in [0.15, 0.2) is 0 Å². The molecule has 1 aliphatic carbocycles. The van der Waals surface area contributed by atoms with E-state index in [2.05, 4.69) is 39.1 Å². The largest absolute Gasteiger partial charge is 0.508 e. The van der Waals surface area contributed by atoms with Gasteiger partial charge in [-0.05, 0) is 114 Å². The first kappa shape index (κ1) is 26.9. The Kier molecular flexibility index (Phi) is 6.12. The zero-order chi connectivity index (χ0) is 28.8. The van der Waals surface area contributed by atoms with Crippen LogP contribution in [0.3, 0.4) is 0 Å². The number of rotatable bonds is 1. The van der Waals surface area contributed by atoms with Gasteiger partial charge in [-0.15, -0.1) is 0 Å². The molecule has 1 aromatic carbocycles. The number of aromatic hydroxyl groups is 1. The van der Waals surface area contributed by atoms with E-state index in [0.717, 1.165) is 100.0 Å².